The lowest BCUT2D eigenvalue weighted by atomic mass is 9.95. The Bertz CT molecular complexity index is 737. The quantitative estimate of drug-likeness (QED) is 0.652. The standard InChI is InChI=1S/C18H21N5/c19-10-4-7-15-16(13-8-11-21-12-9-13)18(23-22-15)17(20)14-5-2-1-3-6-14/h1-3,5-6,8-9,11-12,17H,4,7,10,19-20H2,(H,22,23). The molecule has 0 aliphatic rings. The SMILES string of the molecule is NCCCc1[nH]nc(C(N)c2ccccc2)c1-c1ccncc1. The van der Waals surface area contributed by atoms with Crippen molar-refractivity contribution < 1.29 is 0 Å². The van der Waals surface area contributed by atoms with E-state index >= 15 is 0 Å². The number of nitrogens with two attached hydrogens (primary N) is 2. The molecule has 0 bridgehead atoms. The lowest BCUT2D eigenvalue weighted by molar-refractivity contribution is 0.793. The fourth-order valence-corrected chi connectivity index (χ4v) is 2.74. The number of hydrogen-bond donors (Lipinski definition) is 3. The van der Waals surface area contributed by atoms with Gasteiger partial charge in [-0.05, 0) is 42.6 Å². The van der Waals surface area contributed by atoms with E-state index < -0.39 is 0 Å². The lowest BCUT2D eigenvalue weighted by Gasteiger charge is -2.13. The van der Waals surface area contributed by atoms with Gasteiger partial charge in [0.15, 0.2) is 0 Å². The molecule has 0 radical (unpaired) electrons. The van der Waals surface area contributed by atoms with Crippen LogP contribution in [0.3, 0.4) is 0 Å². The van der Waals surface area contributed by atoms with E-state index in [1.54, 1.807) is 12.4 Å². The Morgan fingerprint density at radius 3 is 2.48 bits per heavy atom. The lowest BCUT2D eigenvalue weighted by Crippen LogP contribution is -2.13. The number of benzene rings is 1. The van der Waals surface area contributed by atoms with Crippen LogP contribution in [0.15, 0.2) is 54.9 Å². The number of H-pyrrole nitrogens is 1. The van der Waals surface area contributed by atoms with Gasteiger partial charge < -0.3 is 11.5 Å². The minimum Gasteiger partial charge on any atom is -0.330 e. The van der Waals surface area contributed by atoms with Crippen LogP contribution in [0.5, 0.6) is 0 Å². The predicted octanol–water partition coefficient (Wildman–Crippen LogP) is 2.41. The summed E-state index contributed by atoms with van der Waals surface area (Å²) < 4.78 is 0. The van der Waals surface area contributed by atoms with E-state index in [1.807, 2.05) is 42.5 Å². The van der Waals surface area contributed by atoms with Crippen LogP contribution >= 0.6 is 0 Å². The van der Waals surface area contributed by atoms with Crippen LogP contribution < -0.4 is 11.5 Å². The Kier molecular flexibility index (Phi) is 4.80. The van der Waals surface area contributed by atoms with Crippen molar-refractivity contribution in [2.45, 2.75) is 18.9 Å². The number of aromatic amines is 1. The summed E-state index contributed by atoms with van der Waals surface area (Å²) in [6, 6.07) is 13.7. The summed E-state index contributed by atoms with van der Waals surface area (Å²) in [5.41, 5.74) is 17.2. The van der Waals surface area contributed by atoms with Gasteiger partial charge in [-0.2, -0.15) is 5.10 Å². The molecule has 0 aliphatic carbocycles. The Hall–Kier alpha value is -2.50. The van der Waals surface area contributed by atoms with Gasteiger partial charge in [-0.15, -0.1) is 0 Å². The molecule has 3 rings (SSSR count). The number of aryl methyl sites for hydroxylation is 1. The molecule has 0 spiro atoms. The van der Waals surface area contributed by atoms with Crippen LogP contribution in [0.1, 0.15) is 29.4 Å². The van der Waals surface area contributed by atoms with Crippen molar-refractivity contribution in [1.29, 1.82) is 0 Å². The maximum Gasteiger partial charge on any atom is 0.0915 e. The monoisotopic (exact) mass is 307 g/mol. The van der Waals surface area contributed by atoms with Crippen LogP contribution in [0.2, 0.25) is 0 Å². The van der Waals surface area contributed by atoms with Crippen LogP contribution in [-0.4, -0.2) is 21.7 Å². The largest absolute Gasteiger partial charge is 0.330 e. The van der Waals surface area contributed by atoms with Gasteiger partial charge in [-0.25, -0.2) is 0 Å². The van der Waals surface area contributed by atoms with Crippen LogP contribution in [0, 0.1) is 0 Å². The van der Waals surface area contributed by atoms with Gasteiger partial charge >= 0.3 is 0 Å². The maximum atomic E-state index is 6.47. The molecule has 5 heteroatoms. The number of pyridine rings is 1. The van der Waals surface area contributed by atoms with E-state index in [4.69, 9.17) is 11.5 Å². The van der Waals surface area contributed by atoms with E-state index in [9.17, 15) is 0 Å². The van der Waals surface area contributed by atoms with E-state index in [-0.39, 0.29) is 6.04 Å². The van der Waals surface area contributed by atoms with E-state index in [0.29, 0.717) is 6.54 Å². The average Bonchev–Trinajstić information content (AvgIpc) is 3.04. The molecule has 1 aromatic carbocycles. The zero-order valence-corrected chi connectivity index (χ0v) is 12.9. The fourth-order valence-electron chi connectivity index (χ4n) is 2.74. The highest BCUT2D eigenvalue weighted by molar-refractivity contribution is 5.69. The third-order valence-corrected chi connectivity index (χ3v) is 3.92. The van der Waals surface area contributed by atoms with Crippen molar-refractivity contribution in [3.63, 3.8) is 0 Å². The first-order valence-electron chi connectivity index (χ1n) is 7.79. The molecule has 23 heavy (non-hydrogen) atoms. The number of hydrogen-bond acceptors (Lipinski definition) is 4. The molecule has 3 aromatic rings. The summed E-state index contributed by atoms with van der Waals surface area (Å²) in [6.07, 6.45) is 5.32. The minimum absolute atomic E-state index is 0.276. The molecular formula is C18H21N5. The third-order valence-electron chi connectivity index (χ3n) is 3.92. The zero-order chi connectivity index (χ0) is 16.1. The van der Waals surface area contributed by atoms with Gasteiger partial charge in [0.1, 0.15) is 0 Å². The second kappa shape index (κ2) is 7.17. The van der Waals surface area contributed by atoms with Gasteiger partial charge in [0.25, 0.3) is 0 Å². The summed E-state index contributed by atoms with van der Waals surface area (Å²) in [6.45, 7) is 0.648. The molecule has 2 aromatic heterocycles. The Morgan fingerprint density at radius 1 is 1.04 bits per heavy atom. The Morgan fingerprint density at radius 2 is 1.78 bits per heavy atom. The summed E-state index contributed by atoms with van der Waals surface area (Å²) in [4.78, 5) is 4.10. The number of nitrogens with zero attached hydrogens (tertiary/aromatic N) is 2. The number of nitrogens with one attached hydrogen (secondary N) is 1. The first-order valence-corrected chi connectivity index (χ1v) is 7.79. The van der Waals surface area contributed by atoms with Crippen LogP contribution in [0.25, 0.3) is 11.1 Å². The summed E-state index contributed by atoms with van der Waals surface area (Å²) >= 11 is 0. The highest BCUT2D eigenvalue weighted by Crippen LogP contribution is 2.32. The molecule has 2 heterocycles. The smallest absolute Gasteiger partial charge is 0.0915 e. The Balaban J connectivity index is 2.05. The molecule has 1 unspecified atom stereocenters. The summed E-state index contributed by atoms with van der Waals surface area (Å²) in [5.74, 6) is 0. The van der Waals surface area contributed by atoms with Gasteiger partial charge in [-0.1, -0.05) is 30.3 Å². The molecule has 0 amide bonds. The van der Waals surface area contributed by atoms with Crippen molar-refractivity contribution in [3.8, 4) is 11.1 Å². The van der Waals surface area contributed by atoms with E-state index in [1.165, 1.54) is 0 Å². The second-order valence-corrected chi connectivity index (χ2v) is 5.48. The zero-order valence-electron chi connectivity index (χ0n) is 12.9. The maximum absolute atomic E-state index is 6.47. The van der Waals surface area contributed by atoms with Crippen molar-refractivity contribution in [1.82, 2.24) is 15.2 Å². The first-order chi connectivity index (χ1) is 11.3. The summed E-state index contributed by atoms with van der Waals surface area (Å²) in [7, 11) is 0. The molecular weight excluding hydrogens is 286 g/mol. The van der Waals surface area contributed by atoms with Crippen molar-refractivity contribution in [2.24, 2.45) is 11.5 Å². The fraction of sp³-hybridized carbons (Fsp3) is 0.222. The Labute approximate surface area is 135 Å². The van der Waals surface area contributed by atoms with Crippen LogP contribution in [0.4, 0.5) is 0 Å². The normalized spacial score (nSPS) is 12.3. The van der Waals surface area contributed by atoms with Gasteiger partial charge in [-0.3, -0.25) is 10.1 Å². The second-order valence-electron chi connectivity index (χ2n) is 5.48. The third kappa shape index (κ3) is 3.31. The molecule has 5 N–H and O–H groups in total. The number of rotatable bonds is 6. The topological polar surface area (TPSA) is 93.6 Å². The minimum atomic E-state index is -0.276. The van der Waals surface area contributed by atoms with E-state index in [0.717, 1.165) is 40.9 Å². The predicted molar refractivity (Wildman–Crippen MR) is 91.7 cm³/mol. The van der Waals surface area contributed by atoms with Gasteiger partial charge in [0.05, 0.1) is 11.7 Å². The first kappa shape index (κ1) is 15.4. The van der Waals surface area contributed by atoms with Crippen molar-refractivity contribution >= 4 is 0 Å². The molecule has 0 saturated carbocycles. The average molecular weight is 307 g/mol. The highest BCUT2D eigenvalue weighted by Gasteiger charge is 2.21. The number of aromatic nitrogens is 3. The molecule has 0 aliphatic heterocycles. The molecule has 5 nitrogen and oxygen atoms in total. The van der Waals surface area contributed by atoms with Crippen molar-refractivity contribution in [2.75, 3.05) is 6.54 Å². The molecule has 0 saturated heterocycles. The highest BCUT2D eigenvalue weighted by atomic mass is 15.1. The van der Waals surface area contributed by atoms with Crippen LogP contribution in [-0.2, 0) is 6.42 Å². The molecule has 118 valence electrons. The van der Waals surface area contributed by atoms with Crippen molar-refractivity contribution in [3.05, 3.63) is 71.8 Å². The summed E-state index contributed by atoms with van der Waals surface area (Å²) in [5, 5.41) is 7.66. The van der Waals surface area contributed by atoms with E-state index in [2.05, 4.69) is 15.2 Å². The molecule has 0 fully saturated rings. The van der Waals surface area contributed by atoms with Gasteiger partial charge in [0, 0.05) is 23.7 Å². The molecule has 1 atom stereocenters. The van der Waals surface area contributed by atoms with Gasteiger partial charge in [0.2, 0.25) is 0 Å².